The van der Waals surface area contributed by atoms with Crippen LogP contribution in [0.15, 0.2) is 12.2 Å². The standard InChI is InChI=1S/C8H15NO/c1-6-3-4-8(5-6)9-7(2)10/h3-4,6-10H,5H2,1-2H3. The summed E-state index contributed by atoms with van der Waals surface area (Å²) >= 11 is 0. The van der Waals surface area contributed by atoms with Gasteiger partial charge in [0.05, 0.1) is 0 Å². The lowest BCUT2D eigenvalue weighted by molar-refractivity contribution is 0.146. The zero-order valence-electron chi connectivity index (χ0n) is 6.54. The third-order valence-corrected chi connectivity index (χ3v) is 1.75. The molecule has 0 heterocycles. The average Bonchev–Trinajstić information content (AvgIpc) is 2.13. The summed E-state index contributed by atoms with van der Waals surface area (Å²) in [5.41, 5.74) is 0. The fraction of sp³-hybridized carbons (Fsp3) is 0.750. The quantitative estimate of drug-likeness (QED) is 0.442. The van der Waals surface area contributed by atoms with Crippen LogP contribution in [-0.4, -0.2) is 17.4 Å². The van der Waals surface area contributed by atoms with Gasteiger partial charge in [-0.3, -0.25) is 5.32 Å². The first-order valence-corrected chi connectivity index (χ1v) is 3.81. The first-order valence-electron chi connectivity index (χ1n) is 3.81. The van der Waals surface area contributed by atoms with Crippen molar-refractivity contribution in [2.24, 2.45) is 5.92 Å². The number of nitrogens with one attached hydrogen (secondary N) is 1. The van der Waals surface area contributed by atoms with Crippen molar-refractivity contribution >= 4 is 0 Å². The van der Waals surface area contributed by atoms with Gasteiger partial charge in [-0.25, -0.2) is 0 Å². The molecule has 10 heavy (non-hydrogen) atoms. The van der Waals surface area contributed by atoms with E-state index in [4.69, 9.17) is 5.11 Å². The van der Waals surface area contributed by atoms with Gasteiger partial charge in [-0.15, -0.1) is 0 Å². The minimum Gasteiger partial charge on any atom is -0.379 e. The van der Waals surface area contributed by atoms with Crippen LogP contribution in [0.25, 0.3) is 0 Å². The van der Waals surface area contributed by atoms with Crippen molar-refractivity contribution in [3.05, 3.63) is 12.2 Å². The highest BCUT2D eigenvalue weighted by atomic mass is 16.3. The predicted molar refractivity (Wildman–Crippen MR) is 41.5 cm³/mol. The summed E-state index contributed by atoms with van der Waals surface area (Å²) in [6.07, 6.45) is 5.03. The van der Waals surface area contributed by atoms with Crippen LogP contribution in [-0.2, 0) is 0 Å². The van der Waals surface area contributed by atoms with Crippen LogP contribution in [0.3, 0.4) is 0 Å². The van der Waals surface area contributed by atoms with E-state index >= 15 is 0 Å². The fourth-order valence-electron chi connectivity index (χ4n) is 1.31. The lowest BCUT2D eigenvalue weighted by Crippen LogP contribution is -2.33. The van der Waals surface area contributed by atoms with Gasteiger partial charge in [0.15, 0.2) is 0 Å². The second kappa shape index (κ2) is 3.17. The molecule has 1 aliphatic carbocycles. The summed E-state index contributed by atoms with van der Waals surface area (Å²) in [7, 11) is 0. The lowest BCUT2D eigenvalue weighted by Gasteiger charge is -2.13. The summed E-state index contributed by atoms with van der Waals surface area (Å²) in [5, 5.41) is 12.0. The first kappa shape index (κ1) is 7.76. The zero-order valence-corrected chi connectivity index (χ0v) is 6.54. The minimum atomic E-state index is -0.389. The minimum absolute atomic E-state index is 0.384. The van der Waals surface area contributed by atoms with E-state index in [1.807, 2.05) is 0 Å². The molecule has 0 aromatic carbocycles. The van der Waals surface area contributed by atoms with Crippen molar-refractivity contribution in [1.82, 2.24) is 5.32 Å². The molecule has 0 aliphatic heterocycles. The van der Waals surface area contributed by atoms with Crippen molar-refractivity contribution in [1.29, 1.82) is 0 Å². The van der Waals surface area contributed by atoms with Crippen LogP contribution in [0.1, 0.15) is 20.3 Å². The average molecular weight is 141 g/mol. The number of allylic oxidation sites excluding steroid dienone is 1. The number of aliphatic hydroxyl groups excluding tert-OH is 1. The second-order valence-electron chi connectivity index (χ2n) is 3.05. The van der Waals surface area contributed by atoms with E-state index in [0.717, 1.165) is 6.42 Å². The maximum absolute atomic E-state index is 8.95. The largest absolute Gasteiger partial charge is 0.379 e. The van der Waals surface area contributed by atoms with Crippen LogP contribution >= 0.6 is 0 Å². The highest BCUT2D eigenvalue weighted by molar-refractivity contribution is 5.04. The molecule has 1 rings (SSSR count). The maximum Gasteiger partial charge on any atom is 0.102 e. The van der Waals surface area contributed by atoms with Gasteiger partial charge in [0, 0.05) is 6.04 Å². The second-order valence-corrected chi connectivity index (χ2v) is 3.05. The van der Waals surface area contributed by atoms with E-state index < -0.39 is 0 Å². The third kappa shape index (κ3) is 2.12. The Kier molecular flexibility index (Phi) is 2.46. The topological polar surface area (TPSA) is 32.3 Å². The van der Waals surface area contributed by atoms with Crippen LogP contribution < -0.4 is 5.32 Å². The van der Waals surface area contributed by atoms with Crippen molar-refractivity contribution in [3.8, 4) is 0 Å². The Morgan fingerprint density at radius 2 is 2.30 bits per heavy atom. The van der Waals surface area contributed by atoms with E-state index in [1.165, 1.54) is 0 Å². The van der Waals surface area contributed by atoms with Gasteiger partial charge in [0.2, 0.25) is 0 Å². The molecule has 0 spiro atoms. The molecule has 0 saturated carbocycles. The van der Waals surface area contributed by atoms with E-state index in [0.29, 0.717) is 12.0 Å². The molecule has 2 N–H and O–H groups in total. The molecule has 0 fully saturated rings. The Labute approximate surface area is 61.9 Å². The number of aliphatic hydroxyl groups is 1. The Morgan fingerprint density at radius 1 is 1.60 bits per heavy atom. The Balaban J connectivity index is 2.26. The van der Waals surface area contributed by atoms with Gasteiger partial charge in [-0.2, -0.15) is 0 Å². The molecule has 2 nitrogen and oxygen atoms in total. The van der Waals surface area contributed by atoms with Crippen LogP contribution in [0, 0.1) is 5.92 Å². The summed E-state index contributed by atoms with van der Waals surface area (Å²) in [6, 6.07) is 0.384. The molecule has 3 atom stereocenters. The van der Waals surface area contributed by atoms with E-state index in [2.05, 4.69) is 24.4 Å². The summed E-state index contributed by atoms with van der Waals surface area (Å²) < 4.78 is 0. The normalized spacial score (nSPS) is 34.7. The highest BCUT2D eigenvalue weighted by Crippen LogP contribution is 2.16. The van der Waals surface area contributed by atoms with Gasteiger partial charge < -0.3 is 5.11 Å². The van der Waals surface area contributed by atoms with Crippen molar-refractivity contribution in [2.75, 3.05) is 0 Å². The molecule has 58 valence electrons. The summed E-state index contributed by atoms with van der Waals surface area (Å²) in [6.45, 7) is 3.93. The molecule has 3 unspecified atom stereocenters. The van der Waals surface area contributed by atoms with Gasteiger partial charge in [0.1, 0.15) is 6.23 Å². The van der Waals surface area contributed by atoms with Gasteiger partial charge in [-0.05, 0) is 19.3 Å². The van der Waals surface area contributed by atoms with E-state index in [1.54, 1.807) is 6.92 Å². The van der Waals surface area contributed by atoms with Crippen LogP contribution in [0.4, 0.5) is 0 Å². The smallest absolute Gasteiger partial charge is 0.102 e. The van der Waals surface area contributed by atoms with Crippen LogP contribution in [0.2, 0.25) is 0 Å². The molecule has 0 aromatic rings. The molecule has 0 saturated heterocycles. The van der Waals surface area contributed by atoms with Crippen molar-refractivity contribution < 1.29 is 5.11 Å². The SMILES string of the molecule is CC1C=CC(NC(C)O)C1. The van der Waals surface area contributed by atoms with Crippen molar-refractivity contribution in [3.63, 3.8) is 0 Å². The fourth-order valence-corrected chi connectivity index (χ4v) is 1.31. The van der Waals surface area contributed by atoms with Gasteiger partial charge in [0.25, 0.3) is 0 Å². The zero-order chi connectivity index (χ0) is 7.56. The molecular weight excluding hydrogens is 126 g/mol. The molecule has 2 heteroatoms. The third-order valence-electron chi connectivity index (χ3n) is 1.75. The molecule has 0 amide bonds. The molecule has 0 radical (unpaired) electrons. The molecule has 1 aliphatic rings. The van der Waals surface area contributed by atoms with Gasteiger partial charge >= 0.3 is 0 Å². The monoisotopic (exact) mass is 141 g/mol. The molecule has 0 bridgehead atoms. The summed E-state index contributed by atoms with van der Waals surface area (Å²) in [5.74, 6) is 0.663. The Hall–Kier alpha value is -0.340. The maximum atomic E-state index is 8.95. The van der Waals surface area contributed by atoms with Crippen molar-refractivity contribution in [2.45, 2.75) is 32.5 Å². The Morgan fingerprint density at radius 3 is 2.70 bits per heavy atom. The number of hydrogen-bond acceptors (Lipinski definition) is 2. The first-order chi connectivity index (χ1) is 4.68. The summed E-state index contributed by atoms with van der Waals surface area (Å²) in [4.78, 5) is 0. The predicted octanol–water partition coefficient (Wildman–Crippen LogP) is 0.879. The molecule has 0 aromatic heterocycles. The number of rotatable bonds is 2. The van der Waals surface area contributed by atoms with Crippen LogP contribution in [0.5, 0.6) is 0 Å². The lowest BCUT2D eigenvalue weighted by atomic mass is 10.1. The molecular formula is C8H15NO. The Bertz CT molecular complexity index is 131. The highest BCUT2D eigenvalue weighted by Gasteiger charge is 2.15. The van der Waals surface area contributed by atoms with E-state index in [-0.39, 0.29) is 6.23 Å². The van der Waals surface area contributed by atoms with E-state index in [9.17, 15) is 0 Å². The van der Waals surface area contributed by atoms with Gasteiger partial charge in [-0.1, -0.05) is 19.1 Å². The number of hydrogen-bond donors (Lipinski definition) is 2.